The van der Waals surface area contributed by atoms with E-state index in [9.17, 15) is 10.2 Å². The monoisotopic (exact) mass is 454 g/mol. The first-order valence-corrected chi connectivity index (χ1v) is 14.3. The Morgan fingerprint density at radius 3 is 1.06 bits per heavy atom. The molecule has 0 spiro atoms. The summed E-state index contributed by atoms with van der Waals surface area (Å²) in [5, 5.41) is 21.6. The minimum absolute atomic E-state index is 0.553. The van der Waals surface area contributed by atoms with Crippen molar-refractivity contribution in [1.29, 1.82) is 0 Å². The van der Waals surface area contributed by atoms with Crippen LogP contribution < -0.4 is 0 Å². The molecule has 0 aliphatic rings. The normalized spacial score (nSPS) is 18.0. The van der Waals surface area contributed by atoms with Gasteiger partial charge in [-0.15, -0.1) is 0 Å². The van der Waals surface area contributed by atoms with E-state index in [2.05, 4.69) is 41.5 Å². The number of hydrogen-bond acceptors (Lipinski definition) is 2. The van der Waals surface area contributed by atoms with Crippen molar-refractivity contribution in [2.75, 3.05) is 0 Å². The highest BCUT2D eigenvalue weighted by Gasteiger charge is 2.23. The van der Waals surface area contributed by atoms with Crippen LogP contribution in [0.25, 0.3) is 0 Å². The molecule has 4 atom stereocenters. The predicted octanol–water partition coefficient (Wildman–Crippen LogP) is 9.31. The van der Waals surface area contributed by atoms with Crippen LogP contribution in [0.5, 0.6) is 0 Å². The summed E-state index contributed by atoms with van der Waals surface area (Å²) in [4.78, 5) is 0. The second-order valence-electron chi connectivity index (χ2n) is 12.8. The smallest absolute Gasteiger partial charge is 0.0619 e. The summed E-state index contributed by atoms with van der Waals surface area (Å²) < 4.78 is 0. The standard InChI is InChI=1S/C30H62O2/c1-25(2)15-9-11-17-27(5)19-23-29(7,31)21-13-14-22-30(8,32)24-20-28(6)18-12-10-16-26(3)4/h25-28,31-32H,9-24H2,1-8H3. The van der Waals surface area contributed by atoms with Gasteiger partial charge in [0.1, 0.15) is 0 Å². The first-order valence-electron chi connectivity index (χ1n) is 14.3. The van der Waals surface area contributed by atoms with Gasteiger partial charge in [0.15, 0.2) is 0 Å². The zero-order valence-electron chi connectivity index (χ0n) is 23.5. The molecule has 0 amide bonds. The van der Waals surface area contributed by atoms with Crippen molar-refractivity contribution in [1.82, 2.24) is 0 Å². The van der Waals surface area contributed by atoms with Gasteiger partial charge in [0.2, 0.25) is 0 Å². The van der Waals surface area contributed by atoms with Crippen molar-refractivity contribution in [3.05, 3.63) is 0 Å². The molecule has 0 aromatic heterocycles. The van der Waals surface area contributed by atoms with E-state index in [0.29, 0.717) is 11.8 Å². The van der Waals surface area contributed by atoms with Crippen LogP contribution in [-0.2, 0) is 0 Å². The first kappa shape index (κ1) is 31.9. The molecule has 0 radical (unpaired) electrons. The highest BCUT2D eigenvalue weighted by atomic mass is 16.3. The topological polar surface area (TPSA) is 40.5 Å². The fraction of sp³-hybridized carbons (Fsp3) is 1.00. The molecule has 0 aliphatic heterocycles. The van der Waals surface area contributed by atoms with Gasteiger partial charge in [-0.3, -0.25) is 0 Å². The number of rotatable bonds is 21. The molecule has 0 aliphatic carbocycles. The third-order valence-corrected chi connectivity index (χ3v) is 7.49. The van der Waals surface area contributed by atoms with E-state index >= 15 is 0 Å². The molecule has 0 saturated heterocycles. The summed E-state index contributed by atoms with van der Waals surface area (Å²) in [7, 11) is 0. The Morgan fingerprint density at radius 2 is 0.750 bits per heavy atom. The molecule has 0 fully saturated rings. The molecule has 0 bridgehead atoms. The van der Waals surface area contributed by atoms with E-state index in [1.807, 2.05) is 13.8 Å². The van der Waals surface area contributed by atoms with Crippen LogP contribution in [0.4, 0.5) is 0 Å². The van der Waals surface area contributed by atoms with Crippen LogP contribution in [0, 0.1) is 23.7 Å². The summed E-state index contributed by atoms with van der Waals surface area (Å²) in [6.07, 6.45) is 18.4. The molecular weight excluding hydrogens is 392 g/mol. The average Bonchev–Trinajstić information content (AvgIpc) is 2.69. The molecule has 32 heavy (non-hydrogen) atoms. The van der Waals surface area contributed by atoms with Crippen molar-refractivity contribution in [3.63, 3.8) is 0 Å². The minimum atomic E-state index is -0.553. The fourth-order valence-corrected chi connectivity index (χ4v) is 4.76. The number of hydrogen-bond donors (Lipinski definition) is 2. The summed E-state index contributed by atoms with van der Waals surface area (Å²) >= 11 is 0. The van der Waals surface area contributed by atoms with Crippen molar-refractivity contribution < 1.29 is 10.2 Å². The SMILES string of the molecule is CC(C)CCCCC(C)CCC(C)(O)CCCCC(C)(O)CCC(C)CCCCC(C)C. The van der Waals surface area contributed by atoms with Gasteiger partial charge in [-0.1, -0.05) is 106 Å². The van der Waals surface area contributed by atoms with Crippen molar-refractivity contribution in [3.8, 4) is 0 Å². The number of aliphatic hydroxyl groups is 2. The first-order chi connectivity index (χ1) is 14.8. The zero-order valence-corrected chi connectivity index (χ0v) is 23.5. The Labute approximate surface area is 203 Å². The summed E-state index contributed by atoms with van der Waals surface area (Å²) in [6, 6.07) is 0. The predicted molar refractivity (Wildman–Crippen MR) is 143 cm³/mol. The van der Waals surface area contributed by atoms with Gasteiger partial charge >= 0.3 is 0 Å². The third-order valence-electron chi connectivity index (χ3n) is 7.49. The molecule has 0 aromatic carbocycles. The van der Waals surface area contributed by atoms with Crippen LogP contribution in [0.2, 0.25) is 0 Å². The van der Waals surface area contributed by atoms with Gasteiger partial charge in [-0.2, -0.15) is 0 Å². The van der Waals surface area contributed by atoms with Crippen LogP contribution in [-0.4, -0.2) is 21.4 Å². The van der Waals surface area contributed by atoms with Crippen LogP contribution in [0.15, 0.2) is 0 Å². The van der Waals surface area contributed by atoms with E-state index in [-0.39, 0.29) is 0 Å². The quantitative estimate of drug-likeness (QED) is 0.170. The van der Waals surface area contributed by atoms with E-state index < -0.39 is 11.2 Å². The maximum atomic E-state index is 10.8. The molecule has 0 saturated carbocycles. The zero-order chi connectivity index (χ0) is 24.6. The molecule has 194 valence electrons. The van der Waals surface area contributed by atoms with E-state index in [0.717, 1.165) is 63.2 Å². The Bertz CT molecular complexity index is 385. The molecule has 2 heteroatoms. The van der Waals surface area contributed by atoms with Gasteiger partial charge in [-0.05, 0) is 76.0 Å². The van der Waals surface area contributed by atoms with E-state index in [4.69, 9.17) is 0 Å². The Hall–Kier alpha value is -0.0800. The van der Waals surface area contributed by atoms with Gasteiger partial charge in [0.25, 0.3) is 0 Å². The van der Waals surface area contributed by atoms with E-state index in [1.54, 1.807) is 0 Å². The van der Waals surface area contributed by atoms with Crippen molar-refractivity contribution in [2.24, 2.45) is 23.7 Å². The van der Waals surface area contributed by atoms with Crippen LogP contribution >= 0.6 is 0 Å². The Morgan fingerprint density at radius 1 is 0.438 bits per heavy atom. The molecule has 2 N–H and O–H groups in total. The van der Waals surface area contributed by atoms with Gasteiger partial charge in [0, 0.05) is 0 Å². The summed E-state index contributed by atoms with van der Waals surface area (Å²) in [5.74, 6) is 3.05. The summed E-state index contributed by atoms with van der Waals surface area (Å²) in [6.45, 7) is 17.9. The maximum Gasteiger partial charge on any atom is 0.0619 e. The van der Waals surface area contributed by atoms with Gasteiger partial charge < -0.3 is 10.2 Å². The fourth-order valence-electron chi connectivity index (χ4n) is 4.76. The summed E-state index contributed by atoms with van der Waals surface area (Å²) in [5.41, 5.74) is -1.11. The highest BCUT2D eigenvalue weighted by Crippen LogP contribution is 2.28. The van der Waals surface area contributed by atoms with Crippen LogP contribution in [0.1, 0.15) is 158 Å². The molecular formula is C30H62O2. The second kappa shape index (κ2) is 17.4. The Kier molecular flexibility index (Phi) is 17.3. The van der Waals surface area contributed by atoms with E-state index in [1.165, 1.54) is 51.4 Å². The lowest BCUT2D eigenvalue weighted by Gasteiger charge is -2.27. The molecule has 0 heterocycles. The highest BCUT2D eigenvalue weighted by molar-refractivity contribution is 4.77. The minimum Gasteiger partial charge on any atom is -0.390 e. The van der Waals surface area contributed by atoms with Crippen molar-refractivity contribution in [2.45, 2.75) is 169 Å². The molecule has 4 unspecified atom stereocenters. The van der Waals surface area contributed by atoms with Crippen LogP contribution in [0.3, 0.4) is 0 Å². The molecule has 0 rings (SSSR count). The lowest BCUT2D eigenvalue weighted by molar-refractivity contribution is 0.0191. The maximum absolute atomic E-state index is 10.8. The second-order valence-corrected chi connectivity index (χ2v) is 12.8. The average molecular weight is 455 g/mol. The van der Waals surface area contributed by atoms with Crippen molar-refractivity contribution >= 4 is 0 Å². The lowest BCUT2D eigenvalue weighted by Crippen LogP contribution is -2.27. The number of unbranched alkanes of at least 4 members (excludes halogenated alkanes) is 3. The Balaban J connectivity index is 3.91. The largest absolute Gasteiger partial charge is 0.390 e. The molecule has 0 aromatic rings. The third kappa shape index (κ3) is 20.5. The van der Waals surface area contributed by atoms with Gasteiger partial charge in [-0.25, -0.2) is 0 Å². The molecule has 2 nitrogen and oxygen atoms in total. The lowest BCUT2D eigenvalue weighted by atomic mass is 9.85. The van der Waals surface area contributed by atoms with Gasteiger partial charge in [0.05, 0.1) is 11.2 Å².